The fourth-order valence-electron chi connectivity index (χ4n) is 1.29. The van der Waals surface area contributed by atoms with Gasteiger partial charge in [-0.05, 0) is 20.3 Å². The number of rotatable bonds is 3. The molecule has 1 aliphatic rings. The molecule has 1 saturated heterocycles. The van der Waals surface area contributed by atoms with Gasteiger partial charge in [-0.3, -0.25) is 4.79 Å². The quantitative estimate of drug-likeness (QED) is 0.629. The molecule has 0 aliphatic carbocycles. The van der Waals surface area contributed by atoms with Crippen LogP contribution < -0.4 is 5.32 Å². The lowest BCUT2D eigenvalue weighted by Gasteiger charge is -2.29. The van der Waals surface area contributed by atoms with Crippen LogP contribution >= 0.6 is 0 Å². The van der Waals surface area contributed by atoms with E-state index in [2.05, 4.69) is 5.32 Å². The second-order valence-electron chi connectivity index (χ2n) is 4.12. The highest BCUT2D eigenvalue weighted by Crippen LogP contribution is 2.08. The second-order valence-corrected chi connectivity index (χ2v) is 4.12. The third-order valence-electron chi connectivity index (χ3n) is 2.18. The lowest BCUT2D eigenvalue weighted by molar-refractivity contribution is -0.132. The van der Waals surface area contributed by atoms with Gasteiger partial charge in [-0.1, -0.05) is 0 Å². The SMILES string of the molecule is CC(C)(O)CCN1CCNCC1=O. The fraction of sp³-hybridized carbons (Fsp3) is 0.889. The number of nitrogens with zero attached hydrogens (tertiary/aromatic N) is 1. The Labute approximate surface area is 78.9 Å². The first kappa shape index (κ1) is 10.5. The number of hydrogen-bond acceptors (Lipinski definition) is 3. The molecule has 0 spiro atoms. The smallest absolute Gasteiger partial charge is 0.236 e. The number of carbonyl (C=O) groups is 1. The second kappa shape index (κ2) is 4.07. The minimum absolute atomic E-state index is 0.135. The Morgan fingerprint density at radius 1 is 1.62 bits per heavy atom. The molecule has 0 aromatic carbocycles. The molecule has 1 heterocycles. The molecule has 0 atom stereocenters. The Kier molecular flexibility index (Phi) is 3.27. The number of hydrogen-bond donors (Lipinski definition) is 2. The van der Waals surface area contributed by atoms with Crippen LogP contribution in [0.15, 0.2) is 0 Å². The summed E-state index contributed by atoms with van der Waals surface area (Å²) >= 11 is 0. The van der Waals surface area contributed by atoms with E-state index in [1.807, 2.05) is 0 Å². The average Bonchev–Trinajstić information content (AvgIpc) is 2.01. The zero-order valence-corrected chi connectivity index (χ0v) is 8.34. The van der Waals surface area contributed by atoms with Crippen LogP contribution in [-0.4, -0.2) is 47.7 Å². The highest BCUT2D eigenvalue weighted by atomic mass is 16.3. The lowest BCUT2D eigenvalue weighted by Crippen LogP contribution is -2.49. The lowest BCUT2D eigenvalue weighted by atomic mass is 10.1. The molecule has 13 heavy (non-hydrogen) atoms. The van der Waals surface area contributed by atoms with Crippen molar-refractivity contribution in [3.05, 3.63) is 0 Å². The summed E-state index contributed by atoms with van der Waals surface area (Å²) in [5.74, 6) is 0.135. The van der Waals surface area contributed by atoms with Crippen molar-refractivity contribution in [1.82, 2.24) is 10.2 Å². The normalized spacial score (nSPS) is 19.3. The van der Waals surface area contributed by atoms with Crippen molar-refractivity contribution in [1.29, 1.82) is 0 Å². The highest BCUT2D eigenvalue weighted by molar-refractivity contribution is 5.78. The molecule has 76 valence electrons. The summed E-state index contributed by atoms with van der Waals surface area (Å²) in [5, 5.41) is 12.5. The predicted octanol–water partition coefficient (Wildman–Crippen LogP) is -0.421. The number of aliphatic hydroxyl groups is 1. The van der Waals surface area contributed by atoms with E-state index >= 15 is 0 Å². The zero-order valence-electron chi connectivity index (χ0n) is 8.34. The van der Waals surface area contributed by atoms with E-state index in [0.717, 1.165) is 13.1 Å². The number of piperazine rings is 1. The van der Waals surface area contributed by atoms with Gasteiger partial charge in [0.15, 0.2) is 0 Å². The van der Waals surface area contributed by atoms with E-state index in [-0.39, 0.29) is 5.91 Å². The maximum absolute atomic E-state index is 11.3. The van der Waals surface area contributed by atoms with Gasteiger partial charge in [0, 0.05) is 19.6 Å². The molecular formula is C9H18N2O2. The molecule has 0 aromatic rings. The van der Waals surface area contributed by atoms with Crippen molar-refractivity contribution in [2.24, 2.45) is 0 Å². The maximum atomic E-state index is 11.3. The minimum atomic E-state index is -0.675. The molecule has 1 amide bonds. The van der Waals surface area contributed by atoms with Crippen molar-refractivity contribution in [2.75, 3.05) is 26.2 Å². The summed E-state index contributed by atoms with van der Waals surface area (Å²) in [6.45, 7) is 6.24. The first-order valence-electron chi connectivity index (χ1n) is 4.70. The first-order chi connectivity index (χ1) is 5.99. The molecule has 4 nitrogen and oxygen atoms in total. The molecule has 1 fully saturated rings. The molecule has 2 N–H and O–H groups in total. The van der Waals surface area contributed by atoms with Crippen LogP contribution in [0.2, 0.25) is 0 Å². The summed E-state index contributed by atoms with van der Waals surface area (Å²) in [7, 11) is 0. The van der Waals surface area contributed by atoms with E-state index in [4.69, 9.17) is 0 Å². The van der Waals surface area contributed by atoms with Crippen LogP contribution in [0.1, 0.15) is 20.3 Å². The maximum Gasteiger partial charge on any atom is 0.236 e. The van der Waals surface area contributed by atoms with Crippen molar-refractivity contribution in [3.8, 4) is 0 Å². The number of amides is 1. The summed E-state index contributed by atoms with van der Waals surface area (Å²) in [6, 6.07) is 0. The van der Waals surface area contributed by atoms with Gasteiger partial charge in [0.25, 0.3) is 0 Å². The first-order valence-corrected chi connectivity index (χ1v) is 4.70. The van der Waals surface area contributed by atoms with Crippen LogP contribution in [0.25, 0.3) is 0 Å². The molecular weight excluding hydrogens is 168 g/mol. The Morgan fingerprint density at radius 3 is 2.85 bits per heavy atom. The molecule has 0 saturated carbocycles. The van der Waals surface area contributed by atoms with E-state index in [1.165, 1.54) is 0 Å². The average molecular weight is 186 g/mol. The van der Waals surface area contributed by atoms with Gasteiger partial charge < -0.3 is 15.3 Å². The third kappa shape index (κ3) is 3.74. The summed E-state index contributed by atoms with van der Waals surface area (Å²) < 4.78 is 0. The van der Waals surface area contributed by atoms with Gasteiger partial charge in [0.1, 0.15) is 0 Å². The predicted molar refractivity (Wildman–Crippen MR) is 50.4 cm³/mol. The summed E-state index contributed by atoms with van der Waals surface area (Å²) in [6.07, 6.45) is 0.638. The zero-order chi connectivity index (χ0) is 9.90. The molecule has 0 radical (unpaired) electrons. The molecule has 0 aromatic heterocycles. The van der Waals surface area contributed by atoms with E-state index in [1.54, 1.807) is 18.7 Å². The third-order valence-corrected chi connectivity index (χ3v) is 2.18. The number of nitrogens with one attached hydrogen (secondary N) is 1. The van der Waals surface area contributed by atoms with E-state index in [9.17, 15) is 9.90 Å². The van der Waals surface area contributed by atoms with E-state index in [0.29, 0.717) is 19.5 Å². The van der Waals surface area contributed by atoms with Crippen molar-refractivity contribution < 1.29 is 9.90 Å². The summed E-state index contributed by atoms with van der Waals surface area (Å²) in [4.78, 5) is 13.1. The molecule has 0 bridgehead atoms. The van der Waals surface area contributed by atoms with Gasteiger partial charge in [0.05, 0.1) is 12.1 Å². The van der Waals surface area contributed by atoms with Crippen molar-refractivity contribution >= 4 is 5.91 Å². The van der Waals surface area contributed by atoms with Crippen LogP contribution in [-0.2, 0) is 4.79 Å². The monoisotopic (exact) mass is 186 g/mol. The minimum Gasteiger partial charge on any atom is -0.390 e. The van der Waals surface area contributed by atoms with Crippen LogP contribution in [0.3, 0.4) is 0 Å². The van der Waals surface area contributed by atoms with Crippen molar-refractivity contribution in [2.45, 2.75) is 25.9 Å². The topological polar surface area (TPSA) is 52.6 Å². The Bertz CT molecular complexity index is 187. The Morgan fingerprint density at radius 2 is 2.31 bits per heavy atom. The van der Waals surface area contributed by atoms with Crippen molar-refractivity contribution in [3.63, 3.8) is 0 Å². The fourth-order valence-corrected chi connectivity index (χ4v) is 1.29. The molecule has 0 unspecified atom stereocenters. The number of carbonyl (C=O) groups excluding carboxylic acids is 1. The van der Waals surface area contributed by atoms with Gasteiger partial charge in [-0.25, -0.2) is 0 Å². The largest absolute Gasteiger partial charge is 0.390 e. The van der Waals surface area contributed by atoms with Crippen LogP contribution in [0.4, 0.5) is 0 Å². The van der Waals surface area contributed by atoms with E-state index < -0.39 is 5.60 Å². The van der Waals surface area contributed by atoms with Gasteiger partial charge in [0.2, 0.25) is 5.91 Å². The standard InChI is InChI=1S/C9H18N2O2/c1-9(2,13)3-5-11-6-4-10-7-8(11)12/h10,13H,3-7H2,1-2H3. The molecule has 1 aliphatic heterocycles. The molecule has 4 heteroatoms. The van der Waals surface area contributed by atoms with Gasteiger partial charge in [-0.15, -0.1) is 0 Å². The van der Waals surface area contributed by atoms with Gasteiger partial charge >= 0.3 is 0 Å². The van der Waals surface area contributed by atoms with Gasteiger partial charge in [-0.2, -0.15) is 0 Å². The molecule has 1 rings (SSSR count). The Hall–Kier alpha value is -0.610. The highest BCUT2D eigenvalue weighted by Gasteiger charge is 2.20. The Balaban J connectivity index is 2.31. The summed E-state index contributed by atoms with van der Waals surface area (Å²) in [5.41, 5.74) is -0.675. The van der Waals surface area contributed by atoms with Crippen LogP contribution in [0.5, 0.6) is 0 Å². The van der Waals surface area contributed by atoms with Crippen LogP contribution in [0, 0.1) is 0 Å².